The van der Waals surface area contributed by atoms with E-state index in [4.69, 9.17) is 21.1 Å². The van der Waals surface area contributed by atoms with E-state index in [2.05, 4.69) is 10.5 Å². The fourth-order valence-corrected chi connectivity index (χ4v) is 3.84. The summed E-state index contributed by atoms with van der Waals surface area (Å²) in [7, 11) is -3.73. The van der Waals surface area contributed by atoms with Crippen molar-refractivity contribution in [3.8, 4) is 11.5 Å². The number of carbonyl (C=O) groups is 1. The minimum atomic E-state index is -3.73. The zero-order valence-corrected chi connectivity index (χ0v) is 17.5. The van der Waals surface area contributed by atoms with Crippen molar-refractivity contribution in [3.63, 3.8) is 0 Å². The van der Waals surface area contributed by atoms with E-state index in [-0.39, 0.29) is 10.7 Å². The summed E-state index contributed by atoms with van der Waals surface area (Å²) in [5, 5.41) is 4.28. The smallest absolute Gasteiger partial charge is 0.260 e. The molecule has 0 bridgehead atoms. The second-order valence-electron chi connectivity index (χ2n) is 6.31. The Bertz CT molecular complexity index is 1060. The van der Waals surface area contributed by atoms with Gasteiger partial charge in [0.15, 0.2) is 11.5 Å². The monoisotopic (exact) mass is 437 g/mol. The number of hydrazone groups is 1. The molecule has 3 rings (SSSR count). The first-order chi connectivity index (χ1) is 13.8. The Balaban J connectivity index is 1.72. The summed E-state index contributed by atoms with van der Waals surface area (Å²) in [6.07, 6.45) is 1.01. The lowest BCUT2D eigenvalue weighted by Crippen LogP contribution is -2.39. The Kier molecular flexibility index (Phi) is 6.29. The molecule has 0 unspecified atom stereocenters. The number of fused-ring (bicyclic) bond motifs is 1. The molecular weight excluding hydrogens is 418 g/mol. The Morgan fingerprint density at radius 3 is 2.55 bits per heavy atom. The molecule has 1 N–H and O–H groups in total. The predicted octanol–water partition coefficient (Wildman–Crippen LogP) is 2.42. The van der Waals surface area contributed by atoms with Crippen LogP contribution in [0.3, 0.4) is 0 Å². The quantitative estimate of drug-likeness (QED) is 0.553. The van der Waals surface area contributed by atoms with Crippen molar-refractivity contribution in [1.82, 2.24) is 5.43 Å². The van der Waals surface area contributed by atoms with Crippen LogP contribution >= 0.6 is 11.6 Å². The molecule has 29 heavy (non-hydrogen) atoms. The van der Waals surface area contributed by atoms with Crippen LogP contribution in [0.25, 0.3) is 0 Å². The predicted molar refractivity (Wildman–Crippen MR) is 111 cm³/mol. The average molecular weight is 438 g/mol. The van der Waals surface area contributed by atoms with Crippen molar-refractivity contribution in [2.75, 3.05) is 30.3 Å². The molecule has 2 aromatic rings. The van der Waals surface area contributed by atoms with Crippen molar-refractivity contribution in [2.24, 2.45) is 5.10 Å². The van der Waals surface area contributed by atoms with Gasteiger partial charge in [-0.3, -0.25) is 9.10 Å². The van der Waals surface area contributed by atoms with Crippen LogP contribution in [0.1, 0.15) is 12.5 Å². The van der Waals surface area contributed by atoms with Gasteiger partial charge in [0.05, 0.1) is 22.7 Å². The lowest BCUT2D eigenvalue weighted by atomic mass is 10.1. The van der Waals surface area contributed by atoms with Crippen LogP contribution in [0, 0.1) is 0 Å². The van der Waals surface area contributed by atoms with Gasteiger partial charge in [-0.15, -0.1) is 0 Å². The van der Waals surface area contributed by atoms with Crippen LogP contribution in [0.5, 0.6) is 11.5 Å². The van der Waals surface area contributed by atoms with Crippen LogP contribution in [0.15, 0.2) is 47.6 Å². The highest BCUT2D eigenvalue weighted by Gasteiger charge is 2.22. The highest BCUT2D eigenvalue weighted by Crippen LogP contribution is 2.31. The molecule has 2 aromatic carbocycles. The summed E-state index contributed by atoms with van der Waals surface area (Å²) in [6.45, 7) is 2.22. The molecule has 0 atom stereocenters. The summed E-state index contributed by atoms with van der Waals surface area (Å²) in [4.78, 5) is 12.3. The summed E-state index contributed by atoms with van der Waals surface area (Å²) >= 11 is 6.09. The van der Waals surface area contributed by atoms with Gasteiger partial charge in [0.1, 0.15) is 19.8 Å². The summed E-state index contributed by atoms with van der Waals surface area (Å²) in [5.41, 5.74) is 3.87. The first-order valence-corrected chi connectivity index (χ1v) is 10.9. The topological polar surface area (TPSA) is 97.3 Å². The molecule has 0 aliphatic carbocycles. The van der Waals surface area contributed by atoms with E-state index in [0.717, 1.165) is 16.1 Å². The first kappa shape index (κ1) is 20.9. The Morgan fingerprint density at radius 2 is 1.86 bits per heavy atom. The number of hydrogen-bond acceptors (Lipinski definition) is 6. The number of nitrogens with zero attached hydrogens (tertiary/aromatic N) is 2. The van der Waals surface area contributed by atoms with E-state index in [0.29, 0.717) is 30.4 Å². The van der Waals surface area contributed by atoms with E-state index in [9.17, 15) is 13.2 Å². The molecule has 0 radical (unpaired) electrons. The number of sulfonamides is 1. The lowest BCUT2D eigenvalue weighted by Gasteiger charge is -2.22. The van der Waals surface area contributed by atoms with E-state index in [1.807, 2.05) is 0 Å². The largest absolute Gasteiger partial charge is 0.486 e. The number of hydrogen-bond donors (Lipinski definition) is 1. The maximum atomic E-state index is 12.3. The molecular formula is C19H20ClN3O5S. The zero-order chi connectivity index (χ0) is 21.0. The molecule has 1 amide bonds. The first-order valence-electron chi connectivity index (χ1n) is 8.71. The number of ether oxygens (including phenoxy) is 2. The number of rotatable bonds is 6. The number of anilines is 1. The minimum absolute atomic E-state index is 0.222. The van der Waals surface area contributed by atoms with Crippen molar-refractivity contribution in [1.29, 1.82) is 0 Å². The number of halogens is 1. The summed E-state index contributed by atoms with van der Waals surface area (Å²) in [5.74, 6) is 0.657. The lowest BCUT2D eigenvalue weighted by molar-refractivity contribution is -0.119. The van der Waals surface area contributed by atoms with E-state index < -0.39 is 22.5 Å². The maximum absolute atomic E-state index is 12.3. The van der Waals surface area contributed by atoms with Crippen molar-refractivity contribution < 1.29 is 22.7 Å². The summed E-state index contributed by atoms with van der Waals surface area (Å²) in [6, 6.07) is 11.7. The third kappa shape index (κ3) is 5.18. The van der Waals surface area contributed by atoms with Crippen LogP contribution in [0.2, 0.25) is 5.02 Å². The Labute approximate surface area is 174 Å². The van der Waals surface area contributed by atoms with E-state index in [1.54, 1.807) is 43.3 Å². The molecule has 154 valence electrons. The number of benzene rings is 2. The minimum Gasteiger partial charge on any atom is -0.486 e. The van der Waals surface area contributed by atoms with Crippen LogP contribution in [-0.4, -0.2) is 46.1 Å². The van der Waals surface area contributed by atoms with Gasteiger partial charge in [0.2, 0.25) is 10.0 Å². The molecule has 0 spiro atoms. The van der Waals surface area contributed by atoms with Gasteiger partial charge in [-0.25, -0.2) is 13.8 Å². The molecule has 0 aromatic heterocycles. The van der Waals surface area contributed by atoms with Gasteiger partial charge in [0.25, 0.3) is 5.91 Å². The number of amides is 1. The Morgan fingerprint density at radius 1 is 1.17 bits per heavy atom. The number of carbonyl (C=O) groups excluding carboxylic acids is 1. The SMILES string of the molecule is C/C(=N/NC(=O)CN(c1ccccc1Cl)S(C)(=O)=O)c1ccc2c(c1)OCCO2. The molecule has 1 heterocycles. The van der Waals surface area contributed by atoms with Gasteiger partial charge in [-0.2, -0.15) is 5.10 Å². The third-order valence-corrected chi connectivity index (χ3v) is 5.56. The number of para-hydroxylation sites is 1. The molecule has 0 saturated heterocycles. The summed E-state index contributed by atoms with van der Waals surface area (Å²) < 4.78 is 36.2. The standard InChI is InChI=1S/C19H20ClN3O5S/c1-13(14-7-8-17-18(11-14)28-10-9-27-17)21-22-19(24)12-23(29(2,25)26)16-6-4-3-5-15(16)20/h3-8,11H,9-10,12H2,1-2H3,(H,22,24)/b21-13-. The van der Waals surface area contributed by atoms with Gasteiger partial charge in [0, 0.05) is 5.56 Å². The molecule has 8 nitrogen and oxygen atoms in total. The van der Waals surface area contributed by atoms with Crippen molar-refractivity contribution in [3.05, 3.63) is 53.1 Å². The van der Waals surface area contributed by atoms with E-state index in [1.165, 1.54) is 6.07 Å². The van der Waals surface area contributed by atoms with Gasteiger partial charge < -0.3 is 9.47 Å². The third-order valence-electron chi connectivity index (χ3n) is 4.12. The highest BCUT2D eigenvalue weighted by molar-refractivity contribution is 7.92. The molecule has 10 heteroatoms. The second-order valence-corrected chi connectivity index (χ2v) is 8.63. The normalized spacial score (nSPS) is 13.7. The fourth-order valence-electron chi connectivity index (χ4n) is 2.68. The van der Waals surface area contributed by atoms with Crippen molar-refractivity contribution >= 4 is 38.9 Å². The van der Waals surface area contributed by atoms with Crippen LogP contribution in [0.4, 0.5) is 5.69 Å². The van der Waals surface area contributed by atoms with Gasteiger partial charge >= 0.3 is 0 Å². The molecule has 0 fully saturated rings. The fraction of sp³-hybridized carbons (Fsp3) is 0.263. The molecule has 0 saturated carbocycles. The molecule has 1 aliphatic rings. The second kappa shape index (κ2) is 8.71. The van der Waals surface area contributed by atoms with Gasteiger partial charge in [-0.1, -0.05) is 23.7 Å². The van der Waals surface area contributed by atoms with Crippen LogP contribution in [-0.2, 0) is 14.8 Å². The average Bonchev–Trinajstić information content (AvgIpc) is 2.69. The van der Waals surface area contributed by atoms with Crippen molar-refractivity contribution in [2.45, 2.75) is 6.92 Å². The van der Waals surface area contributed by atoms with Gasteiger partial charge in [-0.05, 0) is 37.3 Å². The maximum Gasteiger partial charge on any atom is 0.260 e. The zero-order valence-electron chi connectivity index (χ0n) is 15.9. The van der Waals surface area contributed by atoms with E-state index >= 15 is 0 Å². The number of nitrogens with one attached hydrogen (secondary N) is 1. The molecule has 1 aliphatic heterocycles. The Hall–Kier alpha value is -2.78. The highest BCUT2D eigenvalue weighted by atomic mass is 35.5. The van der Waals surface area contributed by atoms with Crippen LogP contribution < -0.4 is 19.2 Å².